The molecule has 0 spiro atoms. The van der Waals surface area contributed by atoms with Gasteiger partial charge in [-0.2, -0.15) is 4.39 Å². The standard InChI is InChI=1S/C10H13FN2O5S/c1-6-3-8(11)9(13(15)16)4-10(6)19(17,18)12-7(2)5-14/h3-4,7,12,14H,5H2,1-2H3. The van der Waals surface area contributed by atoms with E-state index >= 15 is 0 Å². The van der Waals surface area contributed by atoms with E-state index in [4.69, 9.17) is 5.11 Å². The van der Waals surface area contributed by atoms with Crippen molar-refractivity contribution in [3.05, 3.63) is 33.6 Å². The van der Waals surface area contributed by atoms with Gasteiger partial charge in [0.25, 0.3) is 0 Å². The number of nitro groups is 1. The zero-order valence-electron chi connectivity index (χ0n) is 10.3. The van der Waals surface area contributed by atoms with Crippen LogP contribution in [-0.2, 0) is 10.0 Å². The number of nitro benzene ring substituents is 1. The van der Waals surface area contributed by atoms with Gasteiger partial charge in [-0.3, -0.25) is 10.1 Å². The Balaban J connectivity index is 3.34. The molecule has 0 saturated carbocycles. The minimum atomic E-state index is -4.06. The van der Waals surface area contributed by atoms with Crippen molar-refractivity contribution in [3.8, 4) is 0 Å². The van der Waals surface area contributed by atoms with E-state index in [0.717, 1.165) is 6.07 Å². The number of aliphatic hydroxyl groups excluding tert-OH is 1. The van der Waals surface area contributed by atoms with Crippen LogP contribution < -0.4 is 4.72 Å². The fourth-order valence-corrected chi connectivity index (χ4v) is 2.92. The first-order chi connectivity index (χ1) is 8.69. The second-order valence-electron chi connectivity index (χ2n) is 4.03. The van der Waals surface area contributed by atoms with Gasteiger partial charge in [0.1, 0.15) is 0 Å². The average molecular weight is 292 g/mol. The van der Waals surface area contributed by atoms with Crippen molar-refractivity contribution in [1.29, 1.82) is 0 Å². The van der Waals surface area contributed by atoms with Crippen molar-refractivity contribution < 1.29 is 22.8 Å². The molecule has 0 aliphatic heterocycles. The zero-order valence-corrected chi connectivity index (χ0v) is 11.1. The van der Waals surface area contributed by atoms with Gasteiger partial charge in [0.2, 0.25) is 15.8 Å². The van der Waals surface area contributed by atoms with Crippen molar-refractivity contribution in [2.75, 3.05) is 6.61 Å². The molecule has 0 radical (unpaired) electrons. The quantitative estimate of drug-likeness (QED) is 0.613. The van der Waals surface area contributed by atoms with Gasteiger partial charge in [-0.1, -0.05) is 0 Å². The number of benzene rings is 1. The second-order valence-corrected chi connectivity index (χ2v) is 5.71. The fraction of sp³-hybridized carbons (Fsp3) is 0.400. The number of nitrogens with zero attached hydrogens (tertiary/aromatic N) is 1. The summed E-state index contributed by atoms with van der Waals surface area (Å²) in [5, 5.41) is 19.4. The van der Waals surface area contributed by atoms with E-state index in [1.807, 2.05) is 0 Å². The third-order valence-electron chi connectivity index (χ3n) is 2.36. The minimum Gasteiger partial charge on any atom is -0.395 e. The van der Waals surface area contributed by atoms with Crippen LogP contribution in [0.25, 0.3) is 0 Å². The monoisotopic (exact) mass is 292 g/mol. The molecule has 1 rings (SSSR count). The summed E-state index contributed by atoms with van der Waals surface area (Å²) in [7, 11) is -4.06. The van der Waals surface area contributed by atoms with E-state index in [0.29, 0.717) is 6.07 Å². The molecule has 7 nitrogen and oxygen atoms in total. The Bertz CT molecular complexity index is 602. The van der Waals surface area contributed by atoms with Gasteiger partial charge in [-0.25, -0.2) is 13.1 Å². The predicted molar refractivity (Wildman–Crippen MR) is 64.7 cm³/mol. The number of halogens is 1. The highest BCUT2D eigenvalue weighted by atomic mass is 32.2. The molecule has 0 amide bonds. The maximum absolute atomic E-state index is 13.3. The molecule has 0 saturated heterocycles. The van der Waals surface area contributed by atoms with Crippen LogP contribution in [0.2, 0.25) is 0 Å². The predicted octanol–water partition coefficient (Wildman–Crippen LogP) is 0.701. The van der Waals surface area contributed by atoms with Crippen molar-refractivity contribution >= 4 is 15.7 Å². The second kappa shape index (κ2) is 5.59. The Hall–Kier alpha value is -1.58. The molecule has 106 valence electrons. The first kappa shape index (κ1) is 15.5. The van der Waals surface area contributed by atoms with Crippen molar-refractivity contribution in [2.24, 2.45) is 0 Å². The van der Waals surface area contributed by atoms with Crippen LogP contribution in [0.3, 0.4) is 0 Å². The van der Waals surface area contributed by atoms with Crippen LogP contribution in [0, 0.1) is 22.9 Å². The molecule has 0 bridgehead atoms. The summed E-state index contributed by atoms with van der Waals surface area (Å²) in [5.41, 5.74) is -0.872. The number of rotatable bonds is 5. The summed E-state index contributed by atoms with van der Waals surface area (Å²) in [5.74, 6) is -1.10. The molecule has 1 aromatic carbocycles. The highest BCUT2D eigenvalue weighted by Gasteiger charge is 2.25. The zero-order chi connectivity index (χ0) is 14.8. The largest absolute Gasteiger partial charge is 0.395 e. The first-order valence-electron chi connectivity index (χ1n) is 5.26. The number of nitrogens with one attached hydrogen (secondary N) is 1. The van der Waals surface area contributed by atoms with Gasteiger partial charge in [0.15, 0.2) is 0 Å². The van der Waals surface area contributed by atoms with Crippen molar-refractivity contribution in [2.45, 2.75) is 24.8 Å². The minimum absolute atomic E-state index is 0.0424. The maximum Gasteiger partial charge on any atom is 0.306 e. The van der Waals surface area contributed by atoms with Crippen LogP contribution in [0.4, 0.5) is 10.1 Å². The highest BCUT2D eigenvalue weighted by Crippen LogP contribution is 2.25. The summed E-state index contributed by atoms with van der Waals surface area (Å²) in [6.07, 6.45) is 0. The average Bonchev–Trinajstić information content (AvgIpc) is 2.27. The molecule has 0 aromatic heterocycles. The molecular weight excluding hydrogens is 279 g/mol. The smallest absolute Gasteiger partial charge is 0.306 e. The Morgan fingerprint density at radius 1 is 1.53 bits per heavy atom. The lowest BCUT2D eigenvalue weighted by atomic mass is 10.2. The van der Waals surface area contributed by atoms with E-state index in [1.54, 1.807) is 0 Å². The van der Waals surface area contributed by atoms with Crippen LogP contribution in [-0.4, -0.2) is 31.1 Å². The van der Waals surface area contributed by atoms with E-state index < -0.39 is 39.1 Å². The molecule has 9 heteroatoms. The van der Waals surface area contributed by atoms with Crippen LogP contribution in [0.5, 0.6) is 0 Å². The van der Waals surface area contributed by atoms with Crippen molar-refractivity contribution in [3.63, 3.8) is 0 Å². The third kappa shape index (κ3) is 3.46. The SMILES string of the molecule is Cc1cc(F)c([N+](=O)[O-])cc1S(=O)(=O)NC(C)CO. The maximum atomic E-state index is 13.3. The van der Waals surface area contributed by atoms with Gasteiger partial charge in [0, 0.05) is 12.1 Å². The summed E-state index contributed by atoms with van der Waals surface area (Å²) < 4.78 is 39.3. The number of aliphatic hydroxyl groups is 1. The molecule has 0 aliphatic carbocycles. The summed E-state index contributed by atoms with van der Waals surface area (Å²) in [4.78, 5) is 9.22. The lowest BCUT2D eigenvalue weighted by Crippen LogP contribution is -2.35. The molecule has 1 unspecified atom stereocenters. The molecule has 0 fully saturated rings. The van der Waals surface area contributed by atoms with E-state index in [2.05, 4.69) is 4.72 Å². The van der Waals surface area contributed by atoms with Gasteiger partial charge in [0.05, 0.1) is 16.4 Å². The van der Waals surface area contributed by atoms with E-state index in [-0.39, 0.29) is 10.5 Å². The van der Waals surface area contributed by atoms with Crippen molar-refractivity contribution in [1.82, 2.24) is 4.72 Å². The van der Waals surface area contributed by atoms with Gasteiger partial charge < -0.3 is 5.11 Å². The molecule has 0 heterocycles. The molecule has 1 aromatic rings. The fourth-order valence-electron chi connectivity index (χ4n) is 1.44. The topological polar surface area (TPSA) is 110 Å². The third-order valence-corrected chi connectivity index (χ3v) is 4.09. The number of hydrogen-bond acceptors (Lipinski definition) is 5. The number of hydrogen-bond donors (Lipinski definition) is 2. The highest BCUT2D eigenvalue weighted by molar-refractivity contribution is 7.89. The van der Waals surface area contributed by atoms with Crippen LogP contribution >= 0.6 is 0 Å². The molecular formula is C10H13FN2O5S. The van der Waals surface area contributed by atoms with Crippen LogP contribution in [0.1, 0.15) is 12.5 Å². The number of sulfonamides is 1. The Morgan fingerprint density at radius 2 is 2.11 bits per heavy atom. The lowest BCUT2D eigenvalue weighted by Gasteiger charge is -2.13. The van der Waals surface area contributed by atoms with E-state index in [1.165, 1.54) is 13.8 Å². The normalized spacial score (nSPS) is 13.3. The number of aryl methyl sites for hydroxylation is 1. The molecule has 0 aliphatic rings. The molecule has 2 N–H and O–H groups in total. The first-order valence-corrected chi connectivity index (χ1v) is 6.75. The Morgan fingerprint density at radius 3 is 2.58 bits per heavy atom. The summed E-state index contributed by atoms with van der Waals surface area (Å²) >= 11 is 0. The van der Waals surface area contributed by atoms with Gasteiger partial charge >= 0.3 is 5.69 Å². The summed E-state index contributed by atoms with van der Waals surface area (Å²) in [6.45, 7) is 2.32. The summed E-state index contributed by atoms with van der Waals surface area (Å²) in [6, 6.07) is 0.696. The molecule has 1 atom stereocenters. The Kier molecular flexibility index (Phi) is 4.56. The Labute approximate surface area is 109 Å². The van der Waals surface area contributed by atoms with Gasteiger partial charge in [-0.15, -0.1) is 0 Å². The molecule has 19 heavy (non-hydrogen) atoms. The van der Waals surface area contributed by atoms with Gasteiger partial charge in [-0.05, 0) is 25.5 Å². The van der Waals surface area contributed by atoms with Crippen LogP contribution in [0.15, 0.2) is 17.0 Å². The van der Waals surface area contributed by atoms with E-state index in [9.17, 15) is 22.9 Å². The lowest BCUT2D eigenvalue weighted by molar-refractivity contribution is -0.387.